The van der Waals surface area contributed by atoms with E-state index in [0.717, 1.165) is 11.5 Å². The van der Waals surface area contributed by atoms with Crippen molar-refractivity contribution in [3.8, 4) is 11.1 Å². The van der Waals surface area contributed by atoms with Gasteiger partial charge in [-0.05, 0) is 65.7 Å². The van der Waals surface area contributed by atoms with Gasteiger partial charge in [0.15, 0.2) is 11.6 Å². The van der Waals surface area contributed by atoms with Crippen LogP contribution in [0.15, 0.2) is 41.4 Å². The summed E-state index contributed by atoms with van der Waals surface area (Å²) in [7, 11) is 0. The molecule has 4 heteroatoms. The lowest BCUT2D eigenvalue weighted by Gasteiger charge is -2.26. The second-order valence-corrected chi connectivity index (χ2v) is 6.75. The number of aliphatic imine (C=N–C) groups is 1. The van der Waals surface area contributed by atoms with Gasteiger partial charge in [0.25, 0.3) is 0 Å². The molecule has 0 saturated heterocycles. The van der Waals surface area contributed by atoms with E-state index in [-0.39, 0.29) is 5.69 Å². The average molecular weight is 343 g/mol. The number of thiocarbonyl (C=S) groups is 1. The van der Waals surface area contributed by atoms with Gasteiger partial charge in [0.05, 0.1) is 5.16 Å². The number of halogens is 2. The molecule has 0 amide bonds. The monoisotopic (exact) mass is 343 g/mol. The van der Waals surface area contributed by atoms with Gasteiger partial charge in [-0.15, -0.1) is 0 Å². The number of isothiocyanates is 1. The molecule has 1 aliphatic carbocycles. The fourth-order valence-electron chi connectivity index (χ4n) is 3.43. The fourth-order valence-corrected chi connectivity index (χ4v) is 3.52. The molecular formula is C20H19F2NS. The second-order valence-electron chi connectivity index (χ2n) is 6.57. The molecule has 1 nitrogen and oxygen atoms in total. The molecule has 0 N–H and O–H groups in total. The minimum atomic E-state index is -0.729. The van der Waals surface area contributed by atoms with E-state index < -0.39 is 11.6 Å². The number of hydrogen-bond acceptors (Lipinski definition) is 2. The third kappa shape index (κ3) is 3.61. The van der Waals surface area contributed by atoms with Gasteiger partial charge in [-0.25, -0.2) is 8.78 Å². The van der Waals surface area contributed by atoms with Crippen LogP contribution in [0.1, 0.15) is 44.1 Å². The Morgan fingerprint density at radius 1 is 0.958 bits per heavy atom. The molecule has 1 saturated carbocycles. The Morgan fingerprint density at radius 3 is 2.08 bits per heavy atom. The molecule has 124 valence electrons. The Morgan fingerprint density at radius 2 is 1.54 bits per heavy atom. The van der Waals surface area contributed by atoms with Crippen LogP contribution in [0, 0.1) is 17.6 Å². The highest BCUT2D eigenvalue weighted by atomic mass is 32.1. The van der Waals surface area contributed by atoms with Crippen LogP contribution in [0.4, 0.5) is 14.5 Å². The highest BCUT2D eigenvalue weighted by Crippen LogP contribution is 2.36. The highest BCUT2D eigenvalue weighted by Gasteiger charge is 2.19. The van der Waals surface area contributed by atoms with Gasteiger partial charge in [0.2, 0.25) is 0 Å². The molecule has 2 aromatic rings. The topological polar surface area (TPSA) is 12.4 Å². The van der Waals surface area contributed by atoms with Crippen LogP contribution in [0.2, 0.25) is 0 Å². The summed E-state index contributed by atoms with van der Waals surface area (Å²) in [5, 5.41) is 2.00. The van der Waals surface area contributed by atoms with E-state index in [4.69, 9.17) is 0 Å². The summed E-state index contributed by atoms with van der Waals surface area (Å²) in [5.74, 6) is -0.0385. The van der Waals surface area contributed by atoms with E-state index in [0.29, 0.717) is 11.5 Å². The summed E-state index contributed by atoms with van der Waals surface area (Å²) in [5.41, 5.74) is 2.21. The van der Waals surface area contributed by atoms with Crippen molar-refractivity contribution in [1.82, 2.24) is 0 Å². The van der Waals surface area contributed by atoms with E-state index >= 15 is 0 Å². The van der Waals surface area contributed by atoms with Crippen molar-refractivity contribution in [3.05, 3.63) is 53.6 Å². The normalized spacial score (nSPS) is 20.5. The Hall–Kier alpha value is -1.90. The number of benzene rings is 2. The Kier molecular flexibility index (Phi) is 5.17. The third-order valence-electron chi connectivity index (χ3n) is 4.91. The summed E-state index contributed by atoms with van der Waals surface area (Å²) in [6.45, 7) is 2.31. The standard InChI is InChI=1S/C20H19F2NS/c1-13-2-4-14(5-3-13)15-6-8-16(9-7-15)17-10-18(21)20(23-12-24)19(22)11-17/h6-11,13-14H,2-5H2,1H3. The van der Waals surface area contributed by atoms with Crippen LogP contribution in [-0.2, 0) is 0 Å². The predicted molar refractivity (Wildman–Crippen MR) is 96.9 cm³/mol. The minimum Gasteiger partial charge on any atom is -0.204 e. The van der Waals surface area contributed by atoms with E-state index in [2.05, 4.69) is 36.3 Å². The quantitative estimate of drug-likeness (QED) is 0.448. The molecule has 1 fully saturated rings. The fraction of sp³-hybridized carbons (Fsp3) is 0.350. The maximum Gasteiger partial charge on any atom is 0.153 e. The second kappa shape index (κ2) is 7.33. The largest absolute Gasteiger partial charge is 0.204 e. The molecule has 0 atom stereocenters. The van der Waals surface area contributed by atoms with Crippen LogP contribution in [0.3, 0.4) is 0 Å². The molecule has 0 spiro atoms. The maximum absolute atomic E-state index is 14.0. The van der Waals surface area contributed by atoms with Crippen molar-refractivity contribution < 1.29 is 8.78 Å². The SMILES string of the molecule is CC1CCC(c2ccc(-c3cc(F)c(N=C=S)c(F)c3)cc2)CC1. The van der Waals surface area contributed by atoms with Crippen LogP contribution in [0.25, 0.3) is 11.1 Å². The van der Waals surface area contributed by atoms with Gasteiger partial charge in [-0.1, -0.05) is 44.0 Å². The lowest BCUT2D eigenvalue weighted by Crippen LogP contribution is -2.10. The van der Waals surface area contributed by atoms with Gasteiger partial charge in [0.1, 0.15) is 5.69 Å². The molecule has 0 aromatic heterocycles. The van der Waals surface area contributed by atoms with Crippen LogP contribution in [0.5, 0.6) is 0 Å². The zero-order valence-electron chi connectivity index (χ0n) is 13.6. The van der Waals surface area contributed by atoms with Crippen molar-refractivity contribution in [3.63, 3.8) is 0 Å². The van der Waals surface area contributed by atoms with Crippen molar-refractivity contribution in [2.75, 3.05) is 0 Å². The first kappa shape index (κ1) is 16.9. The number of nitrogens with zero attached hydrogens (tertiary/aromatic N) is 1. The van der Waals surface area contributed by atoms with E-state index in [1.165, 1.54) is 43.4 Å². The van der Waals surface area contributed by atoms with Gasteiger partial charge in [-0.2, -0.15) is 4.99 Å². The zero-order valence-corrected chi connectivity index (χ0v) is 14.4. The molecule has 3 rings (SSSR count). The predicted octanol–water partition coefficient (Wildman–Crippen LogP) is 6.66. The summed E-state index contributed by atoms with van der Waals surface area (Å²) in [4.78, 5) is 3.44. The maximum atomic E-state index is 14.0. The van der Waals surface area contributed by atoms with Crippen LogP contribution >= 0.6 is 12.2 Å². The van der Waals surface area contributed by atoms with Crippen LogP contribution in [-0.4, -0.2) is 5.16 Å². The zero-order chi connectivity index (χ0) is 17.1. The van der Waals surface area contributed by atoms with Gasteiger partial charge in [-0.3, -0.25) is 0 Å². The van der Waals surface area contributed by atoms with Crippen LogP contribution < -0.4 is 0 Å². The first-order chi connectivity index (χ1) is 11.6. The molecule has 24 heavy (non-hydrogen) atoms. The smallest absolute Gasteiger partial charge is 0.153 e. The Bertz CT molecular complexity index is 748. The van der Waals surface area contributed by atoms with Crippen molar-refractivity contribution in [2.45, 2.75) is 38.5 Å². The molecule has 0 unspecified atom stereocenters. The highest BCUT2D eigenvalue weighted by molar-refractivity contribution is 7.78. The molecule has 0 aliphatic heterocycles. The third-order valence-corrected chi connectivity index (χ3v) is 5.00. The van der Waals surface area contributed by atoms with Gasteiger partial charge >= 0.3 is 0 Å². The Labute approximate surface area is 146 Å². The molecule has 2 aromatic carbocycles. The van der Waals surface area contributed by atoms with Gasteiger partial charge in [0, 0.05) is 0 Å². The summed E-state index contributed by atoms with van der Waals surface area (Å²) in [6.07, 6.45) is 4.97. The molecule has 0 heterocycles. The number of rotatable bonds is 3. The van der Waals surface area contributed by atoms with Crippen molar-refractivity contribution >= 4 is 23.1 Å². The molecular weight excluding hydrogens is 324 g/mol. The molecule has 1 aliphatic rings. The summed E-state index contributed by atoms with van der Waals surface area (Å²) in [6, 6.07) is 10.6. The summed E-state index contributed by atoms with van der Waals surface area (Å²) >= 11 is 4.41. The lowest BCUT2D eigenvalue weighted by atomic mass is 9.79. The molecule has 0 radical (unpaired) electrons. The lowest BCUT2D eigenvalue weighted by molar-refractivity contribution is 0.348. The average Bonchev–Trinajstić information content (AvgIpc) is 2.59. The van der Waals surface area contributed by atoms with E-state index in [9.17, 15) is 8.78 Å². The van der Waals surface area contributed by atoms with Crippen molar-refractivity contribution in [1.29, 1.82) is 0 Å². The minimum absolute atomic E-state index is 0.387. The summed E-state index contributed by atoms with van der Waals surface area (Å²) < 4.78 is 27.9. The molecule has 0 bridgehead atoms. The van der Waals surface area contributed by atoms with E-state index in [1.807, 2.05) is 17.3 Å². The first-order valence-corrected chi connectivity index (χ1v) is 8.66. The first-order valence-electron chi connectivity index (χ1n) is 8.25. The number of hydrogen-bond donors (Lipinski definition) is 0. The van der Waals surface area contributed by atoms with Crippen molar-refractivity contribution in [2.24, 2.45) is 10.9 Å². The van der Waals surface area contributed by atoms with Gasteiger partial charge < -0.3 is 0 Å². The Balaban J connectivity index is 1.84. The van der Waals surface area contributed by atoms with E-state index in [1.54, 1.807) is 0 Å².